The topological polar surface area (TPSA) is 41.5 Å². The minimum absolute atomic E-state index is 0.353. The Bertz CT molecular complexity index is 208. The van der Waals surface area contributed by atoms with Crippen molar-refractivity contribution in [1.29, 1.82) is 0 Å². The van der Waals surface area contributed by atoms with Crippen molar-refractivity contribution in [3.05, 3.63) is 12.7 Å². The van der Waals surface area contributed by atoms with Crippen molar-refractivity contribution in [1.82, 2.24) is 5.32 Å². The Labute approximate surface area is 105 Å². The van der Waals surface area contributed by atoms with Crippen molar-refractivity contribution in [2.45, 2.75) is 51.2 Å². The Morgan fingerprint density at radius 2 is 2.24 bits per heavy atom. The van der Waals surface area contributed by atoms with Gasteiger partial charge in [-0.3, -0.25) is 0 Å². The molecule has 0 radical (unpaired) electrons. The molecule has 0 amide bonds. The van der Waals surface area contributed by atoms with E-state index in [1.807, 2.05) is 6.08 Å². The second-order valence-corrected chi connectivity index (χ2v) is 5.07. The van der Waals surface area contributed by atoms with Gasteiger partial charge in [0.2, 0.25) is 0 Å². The lowest BCUT2D eigenvalue weighted by Gasteiger charge is -2.29. The summed E-state index contributed by atoms with van der Waals surface area (Å²) in [6.07, 6.45) is 7.78. The zero-order valence-corrected chi connectivity index (χ0v) is 11.0. The first-order chi connectivity index (χ1) is 8.24. The van der Waals surface area contributed by atoms with Crippen LogP contribution in [-0.2, 0) is 4.74 Å². The quantitative estimate of drug-likeness (QED) is 0.505. The fraction of sp³-hybridized carbons (Fsp3) is 0.857. The Morgan fingerprint density at radius 1 is 1.47 bits per heavy atom. The van der Waals surface area contributed by atoms with Crippen LogP contribution in [-0.4, -0.2) is 37.0 Å². The van der Waals surface area contributed by atoms with Crippen LogP contribution >= 0.6 is 0 Å². The lowest BCUT2D eigenvalue weighted by Crippen LogP contribution is -2.34. The summed E-state index contributed by atoms with van der Waals surface area (Å²) in [6, 6.07) is 0. The molecular weight excluding hydrogens is 214 g/mol. The summed E-state index contributed by atoms with van der Waals surface area (Å²) in [5, 5.41) is 12.9. The molecule has 0 spiro atoms. The number of aliphatic hydroxyl groups is 1. The largest absolute Gasteiger partial charge is 0.389 e. The molecule has 3 nitrogen and oxygen atoms in total. The van der Waals surface area contributed by atoms with Gasteiger partial charge in [0.05, 0.1) is 18.8 Å². The Balaban J connectivity index is 2.05. The number of hydrogen-bond donors (Lipinski definition) is 2. The number of rotatable bonds is 8. The molecule has 0 aliphatic heterocycles. The van der Waals surface area contributed by atoms with Gasteiger partial charge in [-0.1, -0.05) is 25.8 Å². The molecule has 0 aromatic heterocycles. The van der Waals surface area contributed by atoms with Crippen LogP contribution in [0.25, 0.3) is 0 Å². The van der Waals surface area contributed by atoms with E-state index in [1.165, 1.54) is 19.3 Å². The van der Waals surface area contributed by atoms with Crippen molar-refractivity contribution < 1.29 is 9.84 Å². The fourth-order valence-corrected chi connectivity index (χ4v) is 2.30. The molecular formula is C14H27NO2. The highest BCUT2D eigenvalue weighted by Crippen LogP contribution is 2.26. The van der Waals surface area contributed by atoms with Crippen LogP contribution in [0.3, 0.4) is 0 Å². The van der Waals surface area contributed by atoms with Gasteiger partial charge in [0.25, 0.3) is 0 Å². The van der Waals surface area contributed by atoms with Crippen molar-refractivity contribution >= 4 is 0 Å². The van der Waals surface area contributed by atoms with E-state index in [4.69, 9.17) is 4.74 Å². The zero-order chi connectivity index (χ0) is 12.5. The lowest BCUT2D eigenvalue weighted by atomic mass is 9.88. The number of nitrogens with one attached hydrogen (secondary N) is 1. The first-order valence-corrected chi connectivity index (χ1v) is 6.85. The molecule has 0 bridgehead atoms. The van der Waals surface area contributed by atoms with Crippen molar-refractivity contribution in [3.63, 3.8) is 0 Å². The minimum atomic E-state index is -0.394. The first kappa shape index (κ1) is 14.7. The first-order valence-electron chi connectivity index (χ1n) is 6.85. The average Bonchev–Trinajstić information content (AvgIpc) is 2.34. The van der Waals surface area contributed by atoms with Gasteiger partial charge in [0.1, 0.15) is 0 Å². The van der Waals surface area contributed by atoms with E-state index >= 15 is 0 Å². The number of hydrogen-bond acceptors (Lipinski definition) is 3. The molecule has 3 atom stereocenters. The van der Waals surface area contributed by atoms with Crippen molar-refractivity contribution in [2.75, 3.05) is 19.7 Å². The highest BCUT2D eigenvalue weighted by atomic mass is 16.5. The van der Waals surface area contributed by atoms with Crippen LogP contribution in [0, 0.1) is 5.92 Å². The minimum Gasteiger partial charge on any atom is -0.389 e. The molecule has 3 unspecified atom stereocenters. The van der Waals surface area contributed by atoms with E-state index in [-0.39, 0.29) is 0 Å². The summed E-state index contributed by atoms with van der Waals surface area (Å²) in [5.74, 6) is 0.643. The van der Waals surface area contributed by atoms with E-state index < -0.39 is 6.10 Å². The third kappa shape index (κ3) is 6.20. The van der Waals surface area contributed by atoms with E-state index in [9.17, 15) is 5.11 Å². The Kier molecular flexibility index (Phi) is 7.49. The van der Waals surface area contributed by atoms with Crippen LogP contribution < -0.4 is 5.32 Å². The van der Waals surface area contributed by atoms with Crippen LogP contribution in [0.1, 0.15) is 39.0 Å². The predicted octanol–water partition coefficient (Wildman–Crippen LogP) is 2.11. The van der Waals surface area contributed by atoms with E-state index in [0.717, 1.165) is 19.4 Å². The maximum Gasteiger partial charge on any atom is 0.0897 e. The second-order valence-electron chi connectivity index (χ2n) is 5.07. The van der Waals surface area contributed by atoms with Gasteiger partial charge >= 0.3 is 0 Å². The van der Waals surface area contributed by atoms with Crippen LogP contribution in [0.2, 0.25) is 0 Å². The Morgan fingerprint density at radius 3 is 2.94 bits per heavy atom. The van der Waals surface area contributed by atoms with E-state index in [0.29, 0.717) is 25.2 Å². The molecule has 0 heterocycles. The molecule has 1 rings (SSSR count). The van der Waals surface area contributed by atoms with Gasteiger partial charge in [0, 0.05) is 6.54 Å². The summed E-state index contributed by atoms with van der Waals surface area (Å²) >= 11 is 0. The number of aliphatic hydroxyl groups excluding tert-OH is 1. The molecule has 1 fully saturated rings. The summed E-state index contributed by atoms with van der Waals surface area (Å²) in [7, 11) is 0. The lowest BCUT2D eigenvalue weighted by molar-refractivity contribution is -0.0450. The molecule has 1 saturated carbocycles. The standard InChI is InChI=1S/C14H27NO2/c1-3-4-9-15-10-13(16)11-17-14-8-6-5-7-12(14)2/h3,12-16H,1,4-11H2,2H3. The van der Waals surface area contributed by atoms with Gasteiger partial charge in [-0.25, -0.2) is 0 Å². The van der Waals surface area contributed by atoms with E-state index in [2.05, 4.69) is 18.8 Å². The summed E-state index contributed by atoms with van der Waals surface area (Å²) in [5.41, 5.74) is 0. The highest BCUT2D eigenvalue weighted by Gasteiger charge is 2.22. The van der Waals surface area contributed by atoms with Crippen LogP contribution in [0.5, 0.6) is 0 Å². The molecule has 0 saturated heterocycles. The summed E-state index contributed by atoms with van der Waals surface area (Å²) in [4.78, 5) is 0. The zero-order valence-electron chi connectivity index (χ0n) is 11.0. The molecule has 2 N–H and O–H groups in total. The maximum absolute atomic E-state index is 9.75. The predicted molar refractivity (Wildman–Crippen MR) is 71.1 cm³/mol. The van der Waals surface area contributed by atoms with Gasteiger partial charge < -0.3 is 15.2 Å². The highest BCUT2D eigenvalue weighted by molar-refractivity contribution is 4.73. The third-order valence-electron chi connectivity index (χ3n) is 3.44. The third-order valence-corrected chi connectivity index (χ3v) is 3.44. The summed E-state index contributed by atoms with van der Waals surface area (Å²) < 4.78 is 5.80. The Hall–Kier alpha value is -0.380. The molecule has 17 heavy (non-hydrogen) atoms. The maximum atomic E-state index is 9.75. The normalized spacial score (nSPS) is 26.7. The van der Waals surface area contributed by atoms with Crippen LogP contribution in [0.4, 0.5) is 0 Å². The van der Waals surface area contributed by atoms with Gasteiger partial charge in [-0.2, -0.15) is 0 Å². The SMILES string of the molecule is C=CCCNCC(O)COC1CCCCC1C. The van der Waals surface area contributed by atoms with Crippen LogP contribution in [0.15, 0.2) is 12.7 Å². The number of ether oxygens (including phenoxy) is 1. The monoisotopic (exact) mass is 241 g/mol. The van der Waals surface area contributed by atoms with Gasteiger partial charge in [-0.15, -0.1) is 6.58 Å². The van der Waals surface area contributed by atoms with E-state index in [1.54, 1.807) is 0 Å². The smallest absolute Gasteiger partial charge is 0.0897 e. The van der Waals surface area contributed by atoms with Gasteiger partial charge in [-0.05, 0) is 31.7 Å². The molecule has 100 valence electrons. The van der Waals surface area contributed by atoms with Gasteiger partial charge in [0.15, 0.2) is 0 Å². The van der Waals surface area contributed by atoms with Crippen molar-refractivity contribution in [3.8, 4) is 0 Å². The summed E-state index contributed by atoms with van der Waals surface area (Å²) in [6.45, 7) is 7.84. The molecule has 0 aromatic carbocycles. The van der Waals surface area contributed by atoms with Crippen molar-refractivity contribution in [2.24, 2.45) is 5.92 Å². The second kappa shape index (κ2) is 8.67. The molecule has 3 heteroatoms. The molecule has 0 aromatic rings. The molecule has 1 aliphatic rings. The fourth-order valence-electron chi connectivity index (χ4n) is 2.30. The average molecular weight is 241 g/mol. The molecule has 1 aliphatic carbocycles.